The number of carbonyl (C=O) groups is 2. The van der Waals surface area contributed by atoms with E-state index in [-0.39, 0.29) is 23.6 Å². The molecule has 0 N–H and O–H groups in total. The van der Waals surface area contributed by atoms with Gasteiger partial charge in [0.15, 0.2) is 11.6 Å². The highest BCUT2D eigenvalue weighted by atomic mass is 35.5. The summed E-state index contributed by atoms with van der Waals surface area (Å²) >= 11 is 6.29. The van der Waals surface area contributed by atoms with E-state index in [4.69, 9.17) is 16.3 Å². The van der Waals surface area contributed by atoms with E-state index in [0.717, 1.165) is 28.0 Å². The Morgan fingerprint density at radius 3 is 2.29 bits per heavy atom. The number of allylic oxidation sites excluding steroid dienone is 2. The van der Waals surface area contributed by atoms with Gasteiger partial charge in [-0.1, -0.05) is 84.4 Å². The molecular weight excluding hydrogens is 456 g/mol. The smallest absolute Gasteiger partial charge is 0.190 e. The van der Waals surface area contributed by atoms with Crippen molar-refractivity contribution in [2.75, 3.05) is 0 Å². The van der Waals surface area contributed by atoms with Crippen molar-refractivity contribution in [1.82, 2.24) is 0 Å². The molecule has 1 aliphatic rings. The van der Waals surface area contributed by atoms with Gasteiger partial charge in [0.05, 0.1) is 5.57 Å². The number of Topliss-reactive ketones (excluding diaryl/α,β-unsaturated/α-hetero) is 1. The van der Waals surface area contributed by atoms with Gasteiger partial charge in [0.1, 0.15) is 11.5 Å². The molecule has 3 nitrogen and oxygen atoms in total. The Hall–Kier alpha value is -4.21. The predicted octanol–water partition coefficient (Wildman–Crippen LogP) is 7.34. The molecule has 1 aliphatic carbocycles. The van der Waals surface area contributed by atoms with Crippen LogP contribution < -0.4 is 4.74 Å². The normalized spacial score (nSPS) is 13.1. The minimum absolute atomic E-state index is 0.165. The lowest BCUT2D eigenvalue weighted by molar-refractivity contribution is -0.119. The summed E-state index contributed by atoms with van der Waals surface area (Å²) in [6.45, 7) is 0. The monoisotopic (exact) mass is 476 g/mol. The summed E-state index contributed by atoms with van der Waals surface area (Å²) in [6, 6.07) is 31.9. The van der Waals surface area contributed by atoms with E-state index in [2.05, 4.69) is 0 Å². The molecule has 0 spiro atoms. The lowest BCUT2D eigenvalue weighted by Gasteiger charge is -2.22. The average molecular weight is 477 g/mol. The van der Waals surface area contributed by atoms with Crippen LogP contribution in [0.4, 0.5) is 0 Å². The Morgan fingerprint density at radius 1 is 0.800 bits per heavy atom. The fourth-order valence-electron chi connectivity index (χ4n) is 4.20. The van der Waals surface area contributed by atoms with Crippen LogP contribution in [0.5, 0.6) is 11.5 Å². The van der Waals surface area contributed by atoms with Crippen LogP contribution in [0.1, 0.15) is 22.3 Å². The topological polar surface area (TPSA) is 43.4 Å². The van der Waals surface area contributed by atoms with Crippen molar-refractivity contribution in [3.05, 3.63) is 142 Å². The second-order valence-corrected chi connectivity index (χ2v) is 8.64. The third-order valence-corrected chi connectivity index (χ3v) is 6.03. The molecule has 4 aromatic rings. The van der Waals surface area contributed by atoms with Gasteiger partial charge in [-0.2, -0.15) is 0 Å². The first-order valence-corrected chi connectivity index (χ1v) is 11.6. The standard InChI is InChI=1S/C31H21ClO3/c32-24-16-15-23-19-29(34)31(30(27(23)20-24)22-9-3-1-4-10-22)28(33)17-14-21-8-7-13-26(18-21)35-25-11-5-2-6-12-25/h1-18,20H,19H2. The lowest BCUT2D eigenvalue weighted by Crippen LogP contribution is -2.21. The van der Waals surface area contributed by atoms with Gasteiger partial charge in [-0.25, -0.2) is 0 Å². The molecule has 0 saturated carbocycles. The van der Waals surface area contributed by atoms with Gasteiger partial charge >= 0.3 is 0 Å². The second kappa shape index (κ2) is 9.96. The van der Waals surface area contributed by atoms with Crippen LogP contribution in [0.3, 0.4) is 0 Å². The van der Waals surface area contributed by atoms with Crippen molar-refractivity contribution in [2.24, 2.45) is 0 Å². The third kappa shape index (κ3) is 5.01. The van der Waals surface area contributed by atoms with E-state index in [9.17, 15) is 9.59 Å². The molecule has 0 saturated heterocycles. The first-order valence-electron chi connectivity index (χ1n) is 11.3. The van der Waals surface area contributed by atoms with Crippen LogP contribution in [0.15, 0.2) is 115 Å². The van der Waals surface area contributed by atoms with Crippen molar-refractivity contribution in [1.29, 1.82) is 0 Å². The Morgan fingerprint density at radius 2 is 1.51 bits per heavy atom. The number of hydrogen-bond donors (Lipinski definition) is 0. The maximum absolute atomic E-state index is 13.4. The fourth-order valence-corrected chi connectivity index (χ4v) is 4.37. The largest absolute Gasteiger partial charge is 0.457 e. The van der Waals surface area contributed by atoms with E-state index < -0.39 is 0 Å². The highest BCUT2D eigenvalue weighted by Crippen LogP contribution is 2.36. The fraction of sp³-hybridized carbons (Fsp3) is 0.0323. The van der Waals surface area contributed by atoms with Crippen molar-refractivity contribution in [3.8, 4) is 11.5 Å². The summed E-state index contributed by atoms with van der Waals surface area (Å²) in [5, 5.41) is 0.559. The molecule has 170 valence electrons. The molecule has 0 heterocycles. The molecule has 4 aromatic carbocycles. The summed E-state index contributed by atoms with van der Waals surface area (Å²) in [6.07, 6.45) is 3.32. The van der Waals surface area contributed by atoms with Crippen molar-refractivity contribution < 1.29 is 14.3 Å². The molecule has 0 fully saturated rings. The minimum atomic E-state index is -0.339. The lowest BCUT2D eigenvalue weighted by atomic mass is 9.80. The molecule has 0 amide bonds. The highest BCUT2D eigenvalue weighted by Gasteiger charge is 2.29. The van der Waals surface area contributed by atoms with Gasteiger partial charge in [-0.15, -0.1) is 0 Å². The predicted molar refractivity (Wildman–Crippen MR) is 140 cm³/mol. The highest BCUT2D eigenvalue weighted by molar-refractivity contribution is 6.33. The molecule has 0 unspecified atom stereocenters. The number of benzene rings is 4. The molecule has 0 atom stereocenters. The zero-order valence-electron chi connectivity index (χ0n) is 18.8. The van der Waals surface area contributed by atoms with Gasteiger partial charge < -0.3 is 4.74 Å². The maximum Gasteiger partial charge on any atom is 0.190 e. The van der Waals surface area contributed by atoms with E-state index in [1.54, 1.807) is 12.1 Å². The number of para-hydroxylation sites is 1. The molecule has 0 radical (unpaired) electrons. The number of ketones is 2. The van der Waals surface area contributed by atoms with Crippen LogP contribution in [-0.2, 0) is 16.0 Å². The minimum Gasteiger partial charge on any atom is -0.457 e. The Bertz CT molecular complexity index is 1470. The summed E-state index contributed by atoms with van der Waals surface area (Å²) in [5.41, 5.74) is 4.08. The molecule has 0 aliphatic heterocycles. The molecule has 0 aromatic heterocycles. The molecule has 5 rings (SSSR count). The maximum atomic E-state index is 13.4. The third-order valence-electron chi connectivity index (χ3n) is 5.79. The molecule has 35 heavy (non-hydrogen) atoms. The number of halogens is 1. The summed E-state index contributed by atoms with van der Waals surface area (Å²) in [5.74, 6) is 0.850. The van der Waals surface area contributed by atoms with E-state index in [1.165, 1.54) is 6.08 Å². The van der Waals surface area contributed by atoms with Crippen molar-refractivity contribution in [2.45, 2.75) is 6.42 Å². The van der Waals surface area contributed by atoms with E-state index in [1.807, 2.05) is 97.1 Å². The summed E-state index contributed by atoms with van der Waals surface area (Å²) in [7, 11) is 0. The number of rotatable bonds is 6. The zero-order valence-corrected chi connectivity index (χ0v) is 19.5. The van der Waals surface area contributed by atoms with Gasteiger partial charge in [-0.05, 0) is 64.7 Å². The first-order chi connectivity index (χ1) is 17.1. The van der Waals surface area contributed by atoms with Crippen molar-refractivity contribution >= 4 is 34.8 Å². The SMILES string of the molecule is O=C(C=Cc1cccc(Oc2ccccc2)c1)C1=C(c2ccccc2)c2cc(Cl)ccc2CC1=O. The average Bonchev–Trinajstić information content (AvgIpc) is 2.88. The molecule has 0 bridgehead atoms. The molecule has 4 heteroatoms. The van der Waals surface area contributed by atoms with Gasteiger partial charge in [0.2, 0.25) is 0 Å². The summed E-state index contributed by atoms with van der Waals surface area (Å²) in [4.78, 5) is 26.6. The zero-order chi connectivity index (χ0) is 24.2. The Balaban J connectivity index is 1.51. The Kier molecular flexibility index (Phi) is 6.42. The van der Waals surface area contributed by atoms with Gasteiger partial charge in [0.25, 0.3) is 0 Å². The number of ether oxygens (including phenoxy) is 1. The Labute approximate surface area is 209 Å². The van der Waals surface area contributed by atoms with Crippen LogP contribution in [0.25, 0.3) is 11.6 Å². The number of hydrogen-bond acceptors (Lipinski definition) is 3. The first kappa shape index (κ1) is 22.6. The number of carbonyl (C=O) groups excluding carboxylic acids is 2. The van der Waals surface area contributed by atoms with Crippen molar-refractivity contribution in [3.63, 3.8) is 0 Å². The van der Waals surface area contributed by atoms with Crippen LogP contribution in [0, 0.1) is 0 Å². The number of fused-ring (bicyclic) bond motifs is 1. The van der Waals surface area contributed by atoms with Crippen LogP contribution >= 0.6 is 11.6 Å². The van der Waals surface area contributed by atoms with Gasteiger partial charge in [-0.3, -0.25) is 9.59 Å². The van der Waals surface area contributed by atoms with Gasteiger partial charge in [0, 0.05) is 17.0 Å². The van der Waals surface area contributed by atoms with Crippen LogP contribution in [-0.4, -0.2) is 11.6 Å². The van der Waals surface area contributed by atoms with E-state index in [0.29, 0.717) is 16.3 Å². The quantitative estimate of drug-likeness (QED) is 0.216. The molecular formula is C31H21ClO3. The second-order valence-electron chi connectivity index (χ2n) is 8.20. The van der Waals surface area contributed by atoms with E-state index >= 15 is 0 Å². The summed E-state index contributed by atoms with van der Waals surface area (Å²) < 4.78 is 5.89. The van der Waals surface area contributed by atoms with Crippen LogP contribution in [0.2, 0.25) is 5.02 Å².